The quantitative estimate of drug-likeness (QED) is 0.406. The molecule has 1 heterocycles. The molecule has 1 aromatic rings. The van der Waals surface area contributed by atoms with Crippen LogP contribution in [-0.2, 0) is 16.1 Å². The van der Waals surface area contributed by atoms with Gasteiger partial charge in [-0.1, -0.05) is 36.2 Å². The smallest absolute Gasteiger partial charge is 0.261 e. The normalized spacial score (nSPS) is 15.2. The summed E-state index contributed by atoms with van der Waals surface area (Å²) in [6.45, 7) is 7.43. The van der Waals surface area contributed by atoms with Crippen LogP contribution in [0.3, 0.4) is 0 Å². The molecular weight excluding hydrogens is 379 g/mol. The van der Waals surface area contributed by atoms with Crippen molar-refractivity contribution in [2.45, 2.75) is 32.9 Å². The standard InChI is InChI=1S/C18H20Cl2N2O4/c1-4-14(26-18(21-3)13(20)7-11(2)19)17(23)22-9-12-5-6-15-16(8-12)25-10-24-15/h5-8,14H,3-4,9-10H2,1-2H3,(H,22,23)/b11-7+,18-13-/t14-/m1/s1. The number of carbonyl (C=O) groups excluding carboxylic acids is 1. The van der Waals surface area contributed by atoms with Crippen molar-refractivity contribution in [3.8, 4) is 11.5 Å². The summed E-state index contributed by atoms with van der Waals surface area (Å²) < 4.78 is 16.2. The molecule has 0 fully saturated rings. The third-order valence-corrected chi connectivity index (χ3v) is 3.87. The van der Waals surface area contributed by atoms with Crippen LogP contribution in [0.1, 0.15) is 25.8 Å². The van der Waals surface area contributed by atoms with Gasteiger partial charge < -0.3 is 19.5 Å². The number of ether oxygens (including phenoxy) is 3. The Morgan fingerprint density at radius 2 is 2.15 bits per heavy atom. The van der Waals surface area contributed by atoms with Gasteiger partial charge in [0.15, 0.2) is 17.6 Å². The number of hydrogen-bond acceptors (Lipinski definition) is 5. The Balaban J connectivity index is 1.99. The molecule has 1 N–H and O–H groups in total. The number of amides is 1. The molecule has 1 aromatic carbocycles. The van der Waals surface area contributed by atoms with Gasteiger partial charge in [0, 0.05) is 11.6 Å². The molecule has 0 saturated heterocycles. The highest BCUT2D eigenvalue weighted by Crippen LogP contribution is 2.32. The summed E-state index contributed by atoms with van der Waals surface area (Å²) in [5.74, 6) is 1.12. The van der Waals surface area contributed by atoms with Gasteiger partial charge in [-0.05, 0) is 43.8 Å². The first-order valence-corrected chi connectivity index (χ1v) is 8.73. The summed E-state index contributed by atoms with van der Waals surface area (Å²) in [6, 6.07) is 5.49. The average molecular weight is 399 g/mol. The molecule has 0 bridgehead atoms. The van der Waals surface area contributed by atoms with Gasteiger partial charge in [-0.2, -0.15) is 0 Å². The van der Waals surface area contributed by atoms with E-state index in [4.69, 9.17) is 37.4 Å². The third-order valence-electron chi connectivity index (χ3n) is 3.49. The summed E-state index contributed by atoms with van der Waals surface area (Å²) in [5.41, 5.74) is 0.883. The van der Waals surface area contributed by atoms with E-state index in [2.05, 4.69) is 17.0 Å². The Kier molecular flexibility index (Phi) is 7.36. The van der Waals surface area contributed by atoms with Gasteiger partial charge in [0.2, 0.25) is 12.7 Å². The second kappa shape index (κ2) is 9.50. The highest BCUT2D eigenvalue weighted by atomic mass is 35.5. The molecule has 0 unspecified atom stereocenters. The lowest BCUT2D eigenvalue weighted by atomic mass is 10.2. The number of benzene rings is 1. The Morgan fingerprint density at radius 1 is 1.42 bits per heavy atom. The molecule has 1 aliphatic heterocycles. The lowest BCUT2D eigenvalue weighted by Crippen LogP contribution is -2.35. The van der Waals surface area contributed by atoms with Crippen molar-refractivity contribution in [3.63, 3.8) is 0 Å². The van der Waals surface area contributed by atoms with Crippen LogP contribution in [0.15, 0.2) is 45.2 Å². The van der Waals surface area contributed by atoms with E-state index in [1.807, 2.05) is 19.1 Å². The van der Waals surface area contributed by atoms with Crippen LogP contribution < -0.4 is 14.8 Å². The van der Waals surface area contributed by atoms with Gasteiger partial charge in [-0.15, -0.1) is 0 Å². The van der Waals surface area contributed by atoms with Gasteiger partial charge in [0.05, 0.1) is 0 Å². The fourth-order valence-corrected chi connectivity index (χ4v) is 2.65. The van der Waals surface area contributed by atoms with Crippen LogP contribution in [0.4, 0.5) is 0 Å². The van der Waals surface area contributed by atoms with Crippen molar-refractivity contribution in [3.05, 3.63) is 45.8 Å². The fourth-order valence-electron chi connectivity index (χ4n) is 2.22. The summed E-state index contributed by atoms with van der Waals surface area (Å²) >= 11 is 11.9. The van der Waals surface area contributed by atoms with Crippen molar-refractivity contribution in [2.24, 2.45) is 4.99 Å². The van der Waals surface area contributed by atoms with Crippen molar-refractivity contribution in [2.75, 3.05) is 6.79 Å². The van der Waals surface area contributed by atoms with Crippen LogP contribution in [0.5, 0.6) is 11.5 Å². The largest absolute Gasteiger partial charge is 0.463 e. The number of aliphatic imine (C=N–C) groups is 1. The maximum atomic E-state index is 12.4. The summed E-state index contributed by atoms with van der Waals surface area (Å²) in [7, 11) is 0. The number of allylic oxidation sites excluding steroid dienone is 3. The number of nitrogens with one attached hydrogen (secondary N) is 1. The number of hydrogen-bond donors (Lipinski definition) is 1. The van der Waals surface area contributed by atoms with E-state index in [0.717, 1.165) is 5.56 Å². The van der Waals surface area contributed by atoms with Crippen LogP contribution in [0, 0.1) is 0 Å². The minimum atomic E-state index is -0.762. The molecular formula is C18H20Cl2N2O4. The first-order chi connectivity index (χ1) is 12.4. The number of rotatable bonds is 8. The van der Waals surface area contributed by atoms with E-state index in [1.54, 1.807) is 13.0 Å². The Bertz CT molecular complexity index is 743. The van der Waals surface area contributed by atoms with Crippen molar-refractivity contribution >= 4 is 35.8 Å². The summed E-state index contributed by atoms with van der Waals surface area (Å²) in [6.07, 6.45) is 1.15. The zero-order valence-corrected chi connectivity index (χ0v) is 16.1. The lowest BCUT2D eigenvalue weighted by molar-refractivity contribution is -0.130. The molecule has 6 nitrogen and oxygen atoms in total. The number of halogens is 2. The predicted octanol–water partition coefficient (Wildman–Crippen LogP) is 4.08. The van der Waals surface area contributed by atoms with Crippen LogP contribution in [0.25, 0.3) is 0 Å². The highest BCUT2D eigenvalue weighted by molar-refractivity contribution is 6.34. The van der Waals surface area contributed by atoms with Gasteiger partial charge >= 0.3 is 0 Å². The molecule has 0 aliphatic carbocycles. The van der Waals surface area contributed by atoms with E-state index in [1.165, 1.54) is 6.08 Å². The van der Waals surface area contributed by atoms with Gasteiger partial charge in [-0.25, -0.2) is 4.99 Å². The molecule has 1 aliphatic rings. The van der Waals surface area contributed by atoms with Crippen LogP contribution in [0.2, 0.25) is 0 Å². The van der Waals surface area contributed by atoms with Crippen LogP contribution in [-0.4, -0.2) is 25.5 Å². The van der Waals surface area contributed by atoms with Gasteiger partial charge in [-0.3, -0.25) is 4.79 Å². The monoisotopic (exact) mass is 398 g/mol. The van der Waals surface area contributed by atoms with E-state index < -0.39 is 6.10 Å². The van der Waals surface area contributed by atoms with E-state index in [0.29, 0.717) is 29.5 Å². The van der Waals surface area contributed by atoms with E-state index in [-0.39, 0.29) is 23.6 Å². The van der Waals surface area contributed by atoms with E-state index in [9.17, 15) is 4.79 Å². The Hall–Kier alpha value is -2.18. The molecule has 1 amide bonds. The van der Waals surface area contributed by atoms with Crippen LogP contribution >= 0.6 is 23.2 Å². The third kappa shape index (κ3) is 5.41. The summed E-state index contributed by atoms with van der Waals surface area (Å²) in [5, 5.41) is 3.45. The van der Waals surface area contributed by atoms with E-state index >= 15 is 0 Å². The molecule has 1 atom stereocenters. The van der Waals surface area contributed by atoms with Crippen molar-refractivity contribution in [1.29, 1.82) is 0 Å². The molecule has 0 spiro atoms. The predicted molar refractivity (Wildman–Crippen MR) is 102 cm³/mol. The molecule has 2 rings (SSSR count). The zero-order chi connectivity index (χ0) is 19.1. The maximum absolute atomic E-state index is 12.4. The highest BCUT2D eigenvalue weighted by Gasteiger charge is 2.21. The topological polar surface area (TPSA) is 69.2 Å². The molecule has 0 aromatic heterocycles. The second-order valence-electron chi connectivity index (χ2n) is 5.46. The zero-order valence-electron chi connectivity index (χ0n) is 14.6. The second-order valence-corrected chi connectivity index (χ2v) is 6.47. The minimum absolute atomic E-state index is 0.0525. The van der Waals surface area contributed by atoms with Crippen molar-refractivity contribution < 1.29 is 19.0 Å². The molecule has 140 valence electrons. The van der Waals surface area contributed by atoms with Gasteiger partial charge in [0.1, 0.15) is 5.03 Å². The molecule has 0 radical (unpaired) electrons. The number of nitrogens with zero attached hydrogens (tertiary/aromatic N) is 1. The number of carbonyl (C=O) groups is 1. The molecule has 0 saturated carbocycles. The average Bonchev–Trinajstić information content (AvgIpc) is 3.07. The van der Waals surface area contributed by atoms with Gasteiger partial charge in [0.25, 0.3) is 5.91 Å². The van der Waals surface area contributed by atoms with Crippen molar-refractivity contribution in [1.82, 2.24) is 5.32 Å². The minimum Gasteiger partial charge on any atom is -0.463 e. The Labute approximate surface area is 162 Å². The SMILES string of the molecule is C=N/C(O[C@H](CC)C(=O)NCc1ccc2c(c1)OCO2)=C(Cl)\C=C(/C)Cl. The molecule has 26 heavy (non-hydrogen) atoms. The maximum Gasteiger partial charge on any atom is 0.261 e. The fraction of sp³-hybridized carbons (Fsp3) is 0.333. The summed E-state index contributed by atoms with van der Waals surface area (Å²) in [4.78, 5) is 16.1. The number of fused-ring (bicyclic) bond motifs is 1. The lowest BCUT2D eigenvalue weighted by Gasteiger charge is -2.17. The molecule has 8 heteroatoms. The first-order valence-electron chi connectivity index (χ1n) is 7.97. The first kappa shape index (κ1) is 20.1. The Morgan fingerprint density at radius 3 is 2.81 bits per heavy atom.